The minimum Gasteiger partial charge on any atom is -0.497 e. The first-order chi connectivity index (χ1) is 14.0. The van der Waals surface area contributed by atoms with Gasteiger partial charge in [-0.05, 0) is 56.9 Å². The van der Waals surface area contributed by atoms with Crippen molar-refractivity contribution in [2.75, 3.05) is 34.3 Å². The third kappa shape index (κ3) is 4.33. The number of rotatable bonds is 6. The highest BCUT2D eigenvalue weighted by molar-refractivity contribution is 5.63. The van der Waals surface area contributed by atoms with Crippen LogP contribution in [0, 0.1) is 5.82 Å². The molecular weight excluding hydrogens is 367 g/mol. The molecule has 1 saturated heterocycles. The van der Waals surface area contributed by atoms with Gasteiger partial charge >= 0.3 is 0 Å². The number of methoxy groups -OCH3 is 1. The summed E-state index contributed by atoms with van der Waals surface area (Å²) in [6.45, 7) is 2.88. The summed E-state index contributed by atoms with van der Waals surface area (Å²) < 4.78 is 21.0. The van der Waals surface area contributed by atoms with E-state index in [9.17, 15) is 4.39 Å². The molecule has 1 atom stereocenters. The number of hydrogen-bond acceptors (Lipinski definition) is 4. The van der Waals surface area contributed by atoms with Gasteiger partial charge in [-0.25, -0.2) is 9.07 Å². The molecule has 2 heterocycles. The molecule has 0 bridgehead atoms. The topological polar surface area (TPSA) is 33.5 Å². The van der Waals surface area contributed by atoms with E-state index in [1.807, 2.05) is 35.0 Å². The predicted molar refractivity (Wildman–Crippen MR) is 113 cm³/mol. The Bertz CT molecular complexity index is 967. The van der Waals surface area contributed by atoms with E-state index >= 15 is 0 Å². The van der Waals surface area contributed by atoms with E-state index in [-0.39, 0.29) is 5.82 Å². The highest BCUT2D eigenvalue weighted by Crippen LogP contribution is 2.27. The van der Waals surface area contributed by atoms with Gasteiger partial charge < -0.3 is 9.64 Å². The van der Waals surface area contributed by atoms with E-state index < -0.39 is 0 Å². The summed E-state index contributed by atoms with van der Waals surface area (Å²) in [5.74, 6) is 0.555. The van der Waals surface area contributed by atoms with Crippen molar-refractivity contribution in [1.29, 1.82) is 0 Å². The molecule has 1 aliphatic heterocycles. The Morgan fingerprint density at radius 2 is 1.97 bits per heavy atom. The molecule has 0 radical (unpaired) electrons. The highest BCUT2D eigenvalue weighted by Gasteiger charge is 2.25. The number of aromatic nitrogens is 2. The zero-order chi connectivity index (χ0) is 20.4. The maximum atomic E-state index is 13.9. The molecule has 0 saturated carbocycles. The van der Waals surface area contributed by atoms with Gasteiger partial charge in [0.15, 0.2) is 0 Å². The fourth-order valence-corrected chi connectivity index (χ4v) is 3.89. The van der Waals surface area contributed by atoms with E-state index in [1.165, 1.54) is 6.07 Å². The lowest BCUT2D eigenvalue weighted by molar-refractivity contribution is 0.265. The second kappa shape index (κ2) is 8.35. The van der Waals surface area contributed by atoms with Gasteiger partial charge in [0.1, 0.15) is 11.6 Å². The molecule has 1 aromatic heterocycles. The Morgan fingerprint density at radius 3 is 2.62 bits per heavy atom. The maximum Gasteiger partial charge on any atom is 0.123 e. The highest BCUT2D eigenvalue weighted by atomic mass is 19.1. The summed E-state index contributed by atoms with van der Waals surface area (Å²) in [5, 5.41) is 4.82. The Morgan fingerprint density at radius 1 is 1.17 bits per heavy atom. The minimum atomic E-state index is -0.249. The summed E-state index contributed by atoms with van der Waals surface area (Å²) in [5.41, 5.74) is 3.68. The molecule has 1 aliphatic rings. The summed E-state index contributed by atoms with van der Waals surface area (Å²) in [6, 6.07) is 15.0. The molecule has 152 valence electrons. The SMILES string of the molecule is COc1ccc(-n2cc(CN3CC[C@@H](N(C)C)C3)c(-c3cccc(F)c3)n2)cc1. The molecule has 29 heavy (non-hydrogen) atoms. The lowest BCUT2D eigenvalue weighted by atomic mass is 10.1. The Balaban J connectivity index is 1.67. The van der Waals surface area contributed by atoms with Crippen molar-refractivity contribution in [3.63, 3.8) is 0 Å². The third-order valence-corrected chi connectivity index (χ3v) is 5.60. The molecule has 1 fully saturated rings. The van der Waals surface area contributed by atoms with Crippen LogP contribution in [0.25, 0.3) is 16.9 Å². The molecule has 2 aromatic carbocycles. The van der Waals surface area contributed by atoms with Crippen molar-refractivity contribution in [1.82, 2.24) is 19.6 Å². The number of likely N-dealkylation sites (N-methyl/N-ethyl adjacent to an activating group) is 1. The monoisotopic (exact) mass is 394 g/mol. The molecule has 0 spiro atoms. The van der Waals surface area contributed by atoms with Crippen LogP contribution in [0.5, 0.6) is 5.75 Å². The molecule has 0 N–H and O–H groups in total. The van der Waals surface area contributed by atoms with E-state index in [1.54, 1.807) is 19.2 Å². The number of hydrogen-bond donors (Lipinski definition) is 0. The van der Waals surface area contributed by atoms with E-state index in [4.69, 9.17) is 9.84 Å². The van der Waals surface area contributed by atoms with Crippen molar-refractivity contribution < 1.29 is 9.13 Å². The summed E-state index contributed by atoms with van der Waals surface area (Å²) in [7, 11) is 5.92. The van der Waals surface area contributed by atoms with Crippen LogP contribution >= 0.6 is 0 Å². The Hall–Kier alpha value is -2.70. The van der Waals surface area contributed by atoms with Gasteiger partial charge in [-0.15, -0.1) is 0 Å². The summed E-state index contributed by atoms with van der Waals surface area (Å²) in [4.78, 5) is 4.73. The molecule has 0 aliphatic carbocycles. The van der Waals surface area contributed by atoms with Crippen molar-refractivity contribution in [2.45, 2.75) is 19.0 Å². The summed E-state index contributed by atoms with van der Waals surface area (Å²) in [6.07, 6.45) is 3.22. The maximum absolute atomic E-state index is 13.9. The van der Waals surface area contributed by atoms with Crippen LogP contribution in [0.15, 0.2) is 54.7 Å². The smallest absolute Gasteiger partial charge is 0.123 e. The van der Waals surface area contributed by atoms with Gasteiger partial charge in [-0.2, -0.15) is 5.10 Å². The third-order valence-electron chi connectivity index (χ3n) is 5.60. The standard InChI is InChI=1S/C23H27FN4O/c1-26(2)21-11-12-27(16-21)14-18-15-28(20-7-9-22(29-3)10-8-20)25-23(18)17-5-4-6-19(24)13-17/h4-10,13,15,21H,11-12,14,16H2,1-3H3/t21-/m1/s1. The molecule has 0 amide bonds. The zero-order valence-electron chi connectivity index (χ0n) is 17.2. The van der Waals surface area contributed by atoms with Crippen LogP contribution in [0.4, 0.5) is 4.39 Å². The zero-order valence-corrected chi connectivity index (χ0v) is 17.2. The number of likely N-dealkylation sites (tertiary alicyclic amines) is 1. The van der Waals surface area contributed by atoms with Crippen LogP contribution in [-0.4, -0.2) is 59.9 Å². The van der Waals surface area contributed by atoms with Crippen molar-refractivity contribution in [2.24, 2.45) is 0 Å². The molecular formula is C23H27FN4O. The number of benzene rings is 2. The average Bonchev–Trinajstić information content (AvgIpc) is 3.36. The first-order valence-electron chi connectivity index (χ1n) is 9.91. The van der Waals surface area contributed by atoms with E-state index in [0.29, 0.717) is 6.04 Å². The van der Waals surface area contributed by atoms with Crippen LogP contribution in [0.1, 0.15) is 12.0 Å². The predicted octanol–water partition coefficient (Wildman–Crippen LogP) is 3.82. The van der Waals surface area contributed by atoms with Gasteiger partial charge in [-0.3, -0.25) is 4.90 Å². The second-order valence-electron chi connectivity index (χ2n) is 7.80. The minimum absolute atomic E-state index is 0.249. The van der Waals surface area contributed by atoms with Crippen molar-refractivity contribution >= 4 is 0 Å². The van der Waals surface area contributed by atoms with Gasteiger partial charge in [0.05, 0.1) is 18.5 Å². The molecule has 0 unspecified atom stereocenters. The lowest BCUT2D eigenvalue weighted by Crippen LogP contribution is -2.31. The average molecular weight is 394 g/mol. The molecule has 6 heteroatoms. The molecule has 5 nitrogen and oxygen atoms in total. The van der Waals surface area contributed by atoms with Crippen LogP contribution in [0.2, 0.25) is 0 Å². The van der Waals surface area contributed by atoms with Crippen LogP contribution < -0.4 is 4.74 Å². The second-order valence-corrected chi connectivity index (χ2v) is 7.80. The summed E-state index contributed by atoms with van der Waals surface area (Å²) >= 11 is 0. The van der Waals surface area contributed by atoms with Crippen molar-refractivity contribution in [3.8, 4) is 22.7 Å². The normalized spacial score (nSPS) is 17.2. The number of ether oxygens (including phenoxy) is 1. The van der Waals surface area contributed by atoms with E-state index in [0.717, 1.165) is 54.3 Å². The fourth-order valence-electron chi connectivity index (χ4n) is 3.89. The molecule has 3 aromatic rings. The van der Waals surface area contributed by atoms with Crippen LogP contribution in [-0.2, 0) is 6.54 Å². The van der Waals surface area contributed by atoms with Crippen molar-refractivity contribution in [3.05, 3.63) is 66.1 Å². The Kier molecular flexibility index (Phi) is 5.65. The van der Waals surface area contributed by atoms with Gasteiger partial charge in [-0.1, -0.05) is 12.1 Å². The largest absolute Gasteiger partial charge is 0.497 e. The van der Waals surface area contributed by atoms with Gasteiger partial charge in [0.25, 0.3) is 0 Å². The van der Waals surface area contributed by atoms with Crippen LogP contribution in [0.3, 0.4) is 0 Å². The number of nitrogens with zero attached hydrogens (tertiary/aromatic N) is 4. The number of halogens is 1. The van der Waals surface area contributed by atoms with E-state index in [2.05, 4.69) is 30.1 Å². The fraction of sp³-hybridized carbons (Fsp3) is 0.348. The first kappa shape index (κ1) is 19.6. The first-order valence-corrected chi connectivity index (χ1v) is 9.91. The van der Waals surface area contributed by atoms with Gasteiger partial charge in [0, 0.05) is 43.0 Å². The lowest BCUT2D eigenvalue weighted by Gasteiger charge is -2.20. The Labute approximate surface area is 171 Å². The molecule has 4 rings (SSSR count). The quantitative estimate of drug-likeness (QED) is 0.636. The van der Waals surface area contributed by atoms with Gasteiger partial charge in [0.2, 0.25) is 0 Å².